The van der Waals surface area contributed by atoms with Crippen LogP contribution in [0.1, 0.15) is 34.1 Å². The van der Waals surface area contributed by atoms with Crippen molar-refractivity contribution in [2.24, 2.45) is 17.8 Å². The van der Waals surface area contributed by atoms with Crippen molar-refractivity contribution >= 4 is 46.7 Å². The Morgan fingerprint density at radius 2 is 1.71 bits per heavy atom. The maximum absolute atomic E-state index is 13.5. The highest BCUT2D eigenvalue weighted by molar-refractivity contribution is 6.42. The number of imide groups is 1. The Labute approximate surface area is 206 Å². The van der Waals surface area contributed by atoms with Gasteiger partial charge in [0, 0.05) is 11.1 Å². The summed E-state index contributed by atoms with van der Waals surface area (Å²) in [6.45, 7) is 1.35. The summed E-state index contributed by atoms with van der Waals surface area (Å²) in [6.07, 6.45) is 4.16. The molecule has 0 aromatic heterocycles. The molecule has 1 fully saturated rings. The second kappa shape index (κ2) is 9.60. The first kappa shape index (κ1) is 24.0. The Morgan fingerprint density at radius 1 is 1.03 bits per heavy atom. The number of allylic oxidation sites excluding steroid dienone is 2. The van der Waals surface area contributed by atoms with E-state index in [9.17, 15) is 19.2 Å². The summed E-state index contributed by atoms with van der Waals surface area (Å²) in [6, 6.07) is 10.6. The van der Waals surface area contributed by atoms with Crippen LogP contribution in [-0.4, -0.2) is 47.2 Å². The molecule has 2 aromatic carbocycles. The van der Waals surface area contributed by atoms with Crippen molar-refractivity contribution in [1.29, 1.82) is 0 Å². The molecule has 0 saturated carbocycles. The number of ketones is 1. The number of amides is 3. The van der Waals surface area contributed by atoms with E-state index in [2.05, 4.69) is 0 Å². The molecule has 9 heteroatoms. The number of hydrogen-bond donors (Lipinski definition) is 0. The maximum atomic E-state index is 13.5. The van der Waals surface area contributed by atoms with Crippen LogP contribution in [-0.2, 0) is 9.59 Å². The molecule has 7 nitrogen and oxygen atoms in total. The first-order valence-electron chi connectivity index (χ1n) is 10.7. The number of Topliss-reactive ketones (excluding diaryl/α,β-unsaturated/α-hetero) is 1. The molecule has 3 atom stereocenters. The minimum Gasteiger partial charge on any atom is -0.497 e. The number of nitrogens with zero attached hydrogens (tertiary/aromatic N) is 2. The molecule has 2 aliphatic rings. The Hall–Kier alpha value is -3.16. The zero-order valence-corrected chi connectivity index (χ0v) is 20.0. The predicted octanol–water partition coefficient (Wildman–Crippen LogP) is 4.44. The van der Waals surface area contributed by atoms with Gasteiger partial charge in [-0.15, -0.1) is 0 Å². The van der Waals surface area contributed by atoms with Gasteiger partial charge in [0.05, 0.1) is 29.0 Å². The van der Waals surface area contributed by atoms with E-state index < -0.39 is 41.9 Å². The fraction of sp³-hybridized carbons (Fsp3) is 0.280. The van der Waals surface area contributed by atoms with Crippen molar-refractivity contribution in [1.82, 2.24) is 10.0 Å². The Morgan fingerprint density at radius 3 is 2.32 bits per heavy atom. The van der Waals surface area contributed by atoms with Gasteiger partial charge in [-0.1, -0.05) is 42.3 Å². The van der Waals surface area contributed by atoms with Crippen molar-refractivity contribution in [3.63, 3.8) is 0 Å². The highest BCUT2D eigenvalue weighted by atomic mass is 35.5. The minimum absolute atomic E-state index is 0.0959. The topological polar surface area (TPSA) is 84.0 Å². The average Bonchev–Trinajstić information content (AvgIpc) is 3.09. The number of carbonyl (C=O) groups is 4. The van der Waals surface area contributed by atoms with Crippen molar-refractivity contribution in [2.45, 2.75) is 13.3 Å². The van der Waals surface area contributed by atoms with Gasteiger partial charge in [-0.25, -0.2) is 5.01 Å². The van der Waals surface area contributed by atoms with E-state index in [1.165, 1.54) is 25.3 Å². The van der Waals surface area contributed by atoms with Crippen LogP contribution in [0, 0.1) is 17.8 Å². The number of hydrazine groups is 1. The lowest BCUT2D eigenvalue weighted by molar-refractivity contribution is -0.154. The van der Waals surface area contributed by atoms with E-state index in [4.69, 9.17) is 27.9 Å². The average molecular weight is 501 g/mol. The van der Waals surface area contributed by atoms with E-state index >= 15 is 0 Å². The summed E-state index contributed by atoms with van der Waals surface area (Å²) < 4.78 is 5.12. The molecule has 176 valence electrons. The zero-order valence-electron chi connectivity index (χ0n) is 18.5. The summed E-state index contributed by atoms with van der Waals surface area (Å²) in [5.41, 5.74) is 0.401. The van der Waals surface area contributed by atoms with Gasteiger partial charge in [-0.2, -0.15) is 5.01 Å². The molecule has 0 unspecified atom stereocenters. The number of ether oxygens (including phenoxy) is 1. The normalized spacial score (nSPS) is 21.4. The number of benzene rings is 2. The molecular weight excluding hydrogens is 479 g/mol. The minimum atomic E-state index is -0.707. The molecule has 0 spiro atoms. The summed E-state index contributed by atoms with van der Waals surface area (Å²) in [5.74, 6) is -2.91. The highest BCUT2D eigenvalue weighted by Gasteiger charge is 2.53. The first-order valence-corrected chi connectivity index (χ1v) is 11.5. The molecule has 1 aliphatic carbocycles. The van der Waals surface area contributed by atoms with Crippen LogP contribution in [0.2, 0.25) is 10.0 Å². The lowest BCUT2D eigenvalue weighted by Gasteiger charge is -2.30. The van der Waals surface area contributed by atoms with Crippen molar-refractivity contribution in [2.75, 3.05) is 13.7 Å². The summed E-state index contributed by atoms with van der Waals surface area (Å²) in [5, 5.41) is 2.14. The molecule has 1 heterocycles. The standard InChI is InChI=1S/C25H22Cl2N2O5/c1-14-4-3-5-18-22(14)25(33)29(24(18)32)28(23(31)16-8-11-19(26)20(27)12-16)13-21(30)15-6-9-17(34-2)10-7-15/h3-4,6-12,14,18,22H,5,13H2,1-2H3/t14-,18-,22-/m1/s1. The summed E-state index contributed by atoms with van der Waals surface area (Å²) >= 11 is 12.1. The van der Waals surface area contributed by atoms with E-state index in [1.54, 1.807) is 24.3 Å². The number of carbonyl (C=O) groups excluding carboxylic acids is 4. The van der Waals surface area contributed by atoms with Gasteiger partial charge in [-0.05, 0) is 54.8 Å². The lowest BCUT2D eigenvalue weighted by atomic mass is 9.78. The summed E-state index contributed by atoms with van der Waals surface area (Å²) in [4.78, 5) is 53.3. The van der Waals surface area contributed by atoms with Crippen molar-refractivity contribution in [3.05, 3.63) is 75.8 Å². The third kappa shape index (κ3) is 4.33. The largest absolute Gasteiger partial charge is 0.497 e. The van der Waals surface area contributed by atoms with Crippen LogP contribution in [0.5, 0.6) is 5.75 Å². The maximum Gasteiger partial charge on any atom is 0.273 e. The monoisotopic (exact) mass is 500 g/mol. The van der Waals surface area contributed by atoms with Crippen LogP contribution < -0.4 is 4.74 Å². The Kier molecular flexibility index (Phi) is 6.77. The summed E-state index contributed by atoms with van der Waals surface area (Å²) in [7, 11) is 1.51. The van der Waals surface area contributed by atoms with Gasteiger partial charge in [-0.3, -0.25) is 19.2 Å². The highest BCUT2D eigenvalue weighted by Crippen LogP contribution is 2.39. The molecule has 0 radical (unpaired) electrons. The predicted molar refractivity (Wildman–Crippen MR) is 127 cm³/mol. The fourth-order valence-corrected chi connectivity index (χ4v) is 4.68. The van der Waals surface area contributed by atoms with Crippen LogP contribution in [0.4, 0.5) is 0 Å². The smallest absolute Gasteiger partial charge is 0.273 e. The van der Waals surface area contributed by atoms with Gasteiger partial charge in [0.15, 0.2) is 5.78 Å². The van der Waals surface area contributed by atoms with Crippen LogP contribution in [0.3, 0.4) is 0 Å². The van der Waals surface area contributed by atoms with Crippen LogP contribution in [0.15, 0.2) is 54.6 Å². The third-order valence-electron chi connectivity index (χ3n) is 6.20. The second-order valence-corrected chi connectivity index (χ2v) is 9.10. The molecule has 4 rings (SSSR count). The van der Waals surface area contributed by atoms with Gasteiger partial charge >= 0.3 is 0 Å². The quantitative estimate of drug-likeness (QED) is 0.332. The van der Waals surface area contributed by atoms with E-state index in [0.29, 0.717) is 17.7 Å². The molecular formula is C25H22Cl2N2O5. The molecule has 3 amide bonds. The second-order valence-electron chi connectivity index (χ2n) is 8.29. The van der Waals surface area contributed by atoms with Gasteiger partial charge < -0.3 is 4.74 Å². The SMILES string of the molecule is COc1ccc(C(=O)CN(C(=O)c2ccc(Cl)c(Cl)c2)N2C(=O)[C@@H]3[C@H](C)C=CC[C@H]3C2=O)cc1. The van der Waals surface area contributed by atoms with E-state index in [1.807, 2.05) is 19.1 Å². The van der Waals surface area contributed by atoms with Crippen molar-refractivity contribution < 1.29 is 23.9 Å². The zero-order chi connectivity index (χ0) is 24.6. The van der Waals surface area contributed by atoms with Gasteiger partial charge in [0.2, 0.25) is 0 Å². The molecule has 1 saturated heterocycles. The van der Waals surface area contributed by atoms with Gasteiger partial charge in [0.25, 0.3) is 17.7 Å². The van der Waals surface area contributed by atoms with Crippen LogP contribution >= 0.6 is 23.2 Å². The fourth-order valence-electron chi connectivity index (χ4n) is 4.38. The third-order valence-corrected chi connectivity index (χ3v) is 6.94. The number of fused-ring (bicyclic) bond motifs is 1. The van der Waals surface area contributed by atoms with E-state index in [-0.39, 0.29) is 21.5 Å². The number of rotatable bonds is 6. The number of methoxy groups -OCH3 is 1. The molecule has 0 N–H and O–H groups in total. The molecule has 0 bridgehead atoms. The number of hydrogen-bond acceptors (Lipinski definition) is 5. The Balaban J connectivity index is 1.71. The van der Waals surface area contributed by atoms with E-state index in [0.717, 1.165) is 10.0 Å². The van der Waals surface area contributed by atoms with Crippen LogP contribution in [0.25, 0.3) is 0 Å². The Bertz CT molecular complexity index is 1190. The van der Waals surface area contributed by atoms with Crippen molar-refractivity contribution in [3.8, 4) is 5.75 Å². The molecule has 1 aliphatic heterocycles. The lowest BCUT2D eigenvalue weighted by Crippen LogP contribution is -2.52. The molecule has 34 heavy (non-hydrogen) atoms. The first-order chi connectivity index (χ1) is 16.2. The molecule has 2 aromatic rings. The van der Waals surface area contributed by atoms with Gasteiger partial charge in [0.1, 0.15) is 12.3 Å². The number of halogens is 2.